The van der Waals surface area contributed by atoms with E-state index < -0.39 is 0 Å². The third-order valence-corrected chi connectivity index (χ3v) is 3.29. The Morgan fingerprint density at radius 2 is 2.00 bits per heavy atom. The molecule has 0 aliphatic heterocycles. The summed E-state index contributed by atoms with van der Waals surface area (Å²) in [5.41, 5.74) is 3.21. The molecule has 0 amide bonds. The fourth-order valence-electron chi connectivity index (χ4n) is 2.22. The van der Waals surface area contributed by atoms with Gasteiger partial charge in [0.2, 0.25) is 5.95 Å². The highest BCUT2D eigenvalue weighted by Crippen LogP contribution is 2.16. The highest BCUT2D eigenvalue weighted by atomic mass is 16.5. The van der Waals surface area contributed by atoms with Crippen LogP contribution in [0.2, 0.25) is 0 Å². The molecule has 1 N–H and O–H groups in total. The average Bonchev–Trinajstić information content (AvgIpc) is 2.97. The molecule has 2 heterocycles. The van der Waals surface area contributed by atoms with E-state index in [1.54, 1.807) is 25.8 Å². The van der Waals surface area contributed by atoms with Gasteiger partial charge in [0.25, 0.3) is 0 Å². The van der Waals surface area contributed by atoms with Gasteiger partial charge in [0.1, 0.15) is 6.33 Å². The van der Waals surface area contributed by atoms with Gasteiger partial charge >= 0.3 is 0 Å². The van der Waals surface area contributed by atoms with Crippen LogP contribution in [0.4, 0.5) is 11.6 Å². The number of benzene rings is 1. The smallest absolute Gasteiger partial charge is 0.229 e. The maximum atomic E-state index is 5.25. The van der Waals surface area contributed by atoms with E-state index in [4.69, 9.17) is 4.74 Å². The lowest BCUT2D eigenvalue weighted by Crippen LogP contribution is -2.06. The van der Waals surface area contributed by atoms with Gasteiger partial charge in [-0.25, -0.2) is 0 Å². The van der Waals surface area contributed by atoms with Gasteiger partial charge in [-0.3, -0.25) is 9.55 Å². The number of aromatic nitrogens is 4. The van der Waals surface area contributed by atoms with Crippen molar-refractivity contribution in [2.45, 2.75) is 13.2 Å². The zero-order valence-corrected chi connectivity index (χ0v) is 12.3. The molecule has 2 aromatic heterocycles. The average molecular weight is 295 g/mol. The number of rotatable bonds is 6. The van der Waals surface area contributed by atoms with Gasteiger partial charge in [0.15, 0.2) is 0 Å². The lowest BCUT2D eigenvalue weighted by Gasteiger charge is -2.11. The zero-order valence-electron chi connectivity index (χ0n) is 12.3. The van der Waals surface area contributed by atoms with Crippen LogP contribution < -0.4 is 5.32 Å². The van der Waals surface area contributed by atoms with Crippen molar-refractivity contribution in [3.63, 3.8) is 0 Å². The summed E-state index contributed by atoms with van der Waals surface area (Å²) in [6.45, 7) is 1.26. The third kappa shape index (κ3) is 3.29. The maximum absolute atomic E-state index is 5.25. The Kier molecular flexibility index (Phi) is 4.41. The van der Waals surface area contributed by atoms with E-state index in [-0.39, 0.29) is 0 Å². The Morgan fingerprint density at radius 1 is 1.14 bits per heavy atom. The highest BCUT2D eigenvalue weighted by Gasteiger charge is 2.08. The molecule has 0 saturated carbocycles. The van der Waals surface area contributed by atoms with Gasteiger partial charge in [-0.1, -0.05) is 24.3 Å². The zero-order chi connectivity index (χ0) is 15.2. The molecule has 6 nitrogen and oxygen atoms in total. The molecule has 0 bridgehead atoms. The molecule has 0 fully saturated rings. The minimum atomic E-state index is 0.587. The number of hydrogen-bond donors (Lipinski definition) is 1. The number of nitrogens with one attached hydrogen (secondary N) is 1. The SMILES string of the molecule is COCc1ccccc1Cn1cnnc1Nc1cccnc1. The lowest BCUT2D eigenvalue weighted by molar-refractivity contribution is 0.184. The first-order chi connectivity index (χ1) is 10.9. The van der Waals surface area contributed by atoms with Crippen LogP contribution in [0.1, 0.15) is 11.1 Å². The monoisotopic (exact) mass is 295 g/mol. The van der Waals surface area contributed by atoms with Gasteiger partial charge in [0, 0.05) is 13.3 Å². The Balaban J connectivity index is 1.81. The second kappa shape index (κ2) is 6.82. The standard InChI is InChI=1S/C16H17N5O/c1-22-11-14-6-3-2-5-13(14)10-21-12-18-20-16(21)19-15-7-4-8-17-9-15/h2-9,12H,10-11H2,1H3,(H,19,20). The van der Waals surface area contributed by atoms with Gasteiger partial charge in [0.05, 0.1) is 25.0 Å². The summed E-state index contributed by atoms with van der Waals surface area (Å²) in [6.07, 6.45) is 5.19. The summed E-state index contributed by atoms with van der Waals surface area (Å²) in [4.78, 5) is 4.08. The second-order valence-electron chi connectivity index (χ2n) is 4.85. The Morgan fingerprint density at radius 3 is 2.77 bits per heavy atom. The Bertz CT molecular complexity index is 726. The first-order valence-electron chi connectivity index (χ1n) is 6.97. The van der Waals surface area contributed by atoms with Crippen LogP contribution >= 0.6 is 0 Å². The summed E-state index contributed by atoms with van der Waals surface area (Å²) in [7, 11) is 1.70. The van der Waals surface area contributed by atoms with E-state index in [0.717, 1.165) is 11.3 Å². The predicted molar refractivity (Wildman–Crippen MR) is 83.8 cm³/mol. The van der Waals surface area contributed by atoms with E-state index in [2.05, 4.69) is 32.6 Å². The molecule has 0 spiro atoms. The summed E-state index contributed by atoms with van der Waals surface area (Å²) in [5.74, 6) is 0.681. The predicted octanol–water partition coefficient (Wildman–Crippen LogP) is 2.61. The second-order valence-corrected chi connectivity index (χ2v) is 4.85. The van der Waals surface area contributed by atoms with Crippen molar-refractivity contribution in [1.82, 2.24) is 19.7 Å². The van der Waals surface area contributed by atoms with Crippen molar-refractivity contribution in [3.05, 3.63) is 66.2 Å². The lowest BCUT2D eigenvalue weighted by atomic mass is 10.1. The molecular weight excluding hydrogens is 278 g/mol. The number of pyridine rings is 1. The van der Waals surface area contributed by atoms with Crippen LogP contribution in [0, 0.1) is 0 Å². The molecule has 3 aromatic rings. The number of methoxy groups -OCH3 is 1. The van der Waals surface area contributed by atoms with E-state index in [0.29, 0.717) is 19.1 Å². The fraction of sp³-hybridized carbons (Fsp3) is 0.188. The van der Waals surface area contributed by atoms with Crippen LogP contribution in [0.5, 0.6) is 0 Å². The van der Waals surface area contributed by atoms with Crippen LogP contribution in [-0.2, 0) is 17.9 Å². The van der Waals surface area contributed by atoms with Crippen molar-refractivity contribution >= 4 is 11.6 Å². The first kappa shape index (κ1) is 14.2. The summed E-state index contributed by atoms with van der Waals surface area (Å²) in [5, 5.41) is 11.3. The van der Waals surface area contributed by atoms with Crippen molar-refractivity contribution in [2.75, 3.05) is 12.4 Å². The molecule has 6 heteroatoms. The summed E-state index contributed by atoms with van der Waals surface area (Å²) < 4.78 is 7.21. The van der Waals surface area contributed by atoms with Gasteiger partial charge in [-0.05, 0) is 23.3 Å². The Labute approximate surface area is 128 Å². The molecule has 3 rings (SSSR count). The largest absolute Gasteiger partial charge is 0.380 e. The van der Waals surface area contributed by atoms with Gasteiger partial charge in [-0.2, -0.15) is 0 Å². The topological polar surface area (TPSA) is 64.9 Å². The van der Waals surface area contributed by atoms with Crippen molar-refractivity contribution in [3.8, 4) is 0 Å². The molecule has 22 heavy (non-hydrogen) atoms. The minimum absolute atomic E-state index is 0.587. The van der Waals surface area contributed by atoms with E-state index in [1.807, 2.05) is 28.8 Å². The molecule has 0 saturated heterocycles. The normalized spacial score (nSPS) is 10.6. The van der Waals surface area contributed by atoms with Crippen LogP contribution in [-0.4, -0.2) is 26.9 Å². The maximum Gasteiger partial charge on any atom is 0.229 e. The first-order valence-corrected chi connectivity index (χ1v) is 6.97. The fourth-order valence-corrected chi connectivity index (χ4v) is 2.22. The molecule has 0 radical (unpaired) electrons. The Hall–Kier alpha value is -2.73. The molecule has 0 aliphatic rings. The minimum Gasteiger partial charge on any atom is -0.380 e. The van der Waals surface area contributed by atoms with Gasteiger partial charge in [-0.15, -0.1) is 10.2 Å². The molecule has 0 aliphatic carbocycles. The number of hydrogen-bond acceptors (Lipinski definition) is 5. The number of anilines is 2. The summed E-state index contributed by atoms with van der Waals surface area (Å²) >= 11 is 0. The molecule has 1 aromatic carbocycles. The third-order valence-electron chi connectivity index (χ3n) is 3.29. The van der Waals surface area contributed by atoms with Crippen LogP contribution in [0.3, 0.4) is 0 Å². The van der Waals surface area contributed by atoms with E-state index >= 15 is 0 Å². The molecule has 112 valence electrons. The molecule has 0 unspecified atom stereocenters. The van der Waals surface area contributed by atoms with Crippen molar-refractivity contribution in [2.24, 2.45) is 0 Å². The highest BCUT2D eigenvalue weighted by molar-refractivity contribution is 5.51. The van der Waals surface area contributed by atoms with Crippen LogP contribution in [0.25, 0.3) is 0 Å². The molecule has 0 atom stereocenters. The molecular formula is C16H17N5O. The number of ether oxygens (including phenoxy) is 1. The van der Waals surface area contributed by atoms with Crippen molar-refractivity contribution in [1.29, 1.82) is 0 Å². The van der Waals surface area contributed by atoms with E-state index in [1.165, 1.54) is 5.56 Å². The van der Waals surface area contributed by atoms with Crippen LogP contribution in [0.15, 0.2) is 55.1 Å². The number of nitrogens with zero attached hydrogens (tertiary/aromatic N) is 4. The quantitative estimate of drug-likeness (QED) is 0.757. The van der Waals surface area contributed by atoms with E-state index in [9.17, 15) is 0 Å². The summed E-state index contributed by atoms with van der Waals surface area (Å²) in [6, 6.07) is 12.0. The van der Waals surface area contributed by atoms with Gasteiger partial charge < -0.3 is 10.1 Å². The van der Waals surface area contributed by atoms with Crippen molar-refractivity contribution < 1.29 is 4.74 Å².